The number of carbonyl (C=O) groups excluding carboxylic acids is 1. The Labute approximate surface area is 157 Å². The largest absolute Gasteiger partial charge is 0.495 e. The summed E-state index contributed by atoms with van der Waals surface area (Å²) in [6.07, 6.45) is 1.80. The van der Waals surface area contributed by atoms with E-state index in [1.807, 2.05) is 12.1 Å². The number of para-hydroxylation sites is 2. The van der Waals surface area contributed by atoms with Crippen molar-refractivity contribution in [2.75, 3.05) is 18.7 Å². The zero-order valence-electron chi connectivity index (χ0n) is 14.3. The number of thioether (sulfide) groups is 1. The SMILES string of the molecule is COc1ccccc1NC(=O)c1sc2nc(SC)c(C#N)c(=N)n2c1C. The average Bonchev–Trinajstić information content (AvgIpc) is 2.98. The molecule has 0 aliphatic carbocycles. The van der Waals surface area contributed by atoms with Gasteiger partial charge in [-0.25, -0.2) is 4.98 Å². The maximum Gasteiger partial charge on any atom is 0.267 e. The number of nitriles is 1. The average molecular weight is 385 g/mol. The van der Waals surface area contributed by atoms with Crippen molar-refractivity contribution < 1.29 is 9.53 Å². The van der Waals surface area contributed by atoms with Gasteiger partial charge in [-0.3, -0.25) is 14.6 Å². The first-order valence-corrected chi connectivity index (χ1v) is 9.55. The molecular formula is C17H15N5O2S2. The van der Waals surface area contributed by atoms with Gasteiger partial charge in [0.05, 0.1) is 12.8 Å². The van der Waals surface area contributed by atoms with Crippen LogP contribution < -0.4 is 15.5 Å². The van der Waals surface area contributed by atoms with Crippen LogP contribution in [0.4, 0.5) is 5.69 Å². The van der Waals surface area contributed by atoms with E-state index in [4.69, 9.17) is 10.1 Å². The van der Waals surface area contributed by atoms with E-state index >= 15 is 0 Å². The molecule has 0 aliphatic rings. The Hall–Kier alpha value is -2.83. The van der Waals surface area contributed by atoms with Gasteiger partial charge in [0.2, 0.25) is 0 Å². The standard InChI is InChI=1S/C17H15N5O2S2/c1-9-13(15(23)20-11-6-4-5-7-12(11)24-2)26-17-21-16(25-3)10(8-18)14(19)22(9)17/h4-7,19H,1-3H3,(H,20,23). The number of hydrogen-bond acceptors (Lipinski definition) is 7. The van der Waals surface area contributed by atoms with E-state index in [0.717, 1.165) is 0 Å². The smallest absolute Gasteiger partial charge is 0.267 e. The number of methoxy groups -OCH3 is 1. The summed E-state index contributed by atoms with van der Waals surface area (Å²) in [4.78, 5) is 18.1. The number of thiazole rings is 1. The monoisotopic (exact) mass is 385 g/mol. The van der Waals surface area contributed by atoms with E-state index in [2.05, 4.69) is 10.3 Å². The van der Waals surface area contributed by atoms with E-state index < -0.39 is 0 Å². The van der Waals surface area contributed by atoms with Gasteiger partial charge in [0.25, 0.3) is 5.91 Å². The molecule has 0 bridgehead atoms. The predicted molar refractivity (Wildman–Crippen MR) is 101 cm³/mol. The highest BCUT2D eigenvalue weighted by Gasteiger charge is 2.20. The van der Waals surface area contributed by atoms with Crippen LogP contribution in [0, 0.1) is 23.7 Å². The summed E-state index contributed by atoms with van der Waals surface area (Å²) in [5, 5.41) is 20.9. The Bertz CT molecular complexity index is 1110. The summed E-state index contributed by atoms with van der Waals surface area (Å²) < 4.78 is 6.78. The number of hydrogen-bond donors (Lipinski definition) is 2. The van der Waals surface area contributed by atoms with Gasteiger partial charge >= 0.3 is 0 Å². The molecule has 0 atom stereocenters. The number of aromatic nitrogens is 2. The van der Waals surface area contributed by atoms with Crippen molar-refractivity contribution in [2.24, 2.45) is 0 Å². The zero-order valence-corrected chi connectivity index (χ0v) is 15.9. The lowest BCUT2D eigenvalue weighted by Gasteiger charge is -2.09. The van der Waals surface area contributed by atoms with Crippen LogP contribution in [-0.2, 0) is 0 Å². The van der Waals surface area contributed by atoms with E-state index in [9.17, 15) is 10.1 Å². The summed E-state index contributed by atoms with van der Waals surface area (Å²) in [5.74, 6) is 0.245. The summed E-state index contributed by atoms with van der Waals surface area (Å²) in [7, 11) is 1.54. The van der Waals surface area contributed by atoms with Crippen molar-refractivity contribution in [3.05, 3.63) is 45.9 Å². The van der Waals surface area contributed by atoms with Gasteiger partial charge in [0.1, 0.15) is 27.3 Å². The van der Waals surface area contributed by atoms with Gasteiger partial charge in [0.15, 0.2) is 10.4 Å². The Morgan fingerprint density at radius 3 is 2.85 bits per heavy atom. The molecular weight excluding hydrogens is 370 g/mol. The number of anilines is 1. The molecule has 0 spiro atoms. The number of fused-ring (bicyclic) bond motifs is 1. The summed E-state index contributed by atoms with van der Waals surface area (Å²) in [6, 6.07) is 9.15. The van der Waals surface area contributed by atoms with Gasteiger partial charge in [0, 0.05) is 5.69 Å². The topological polar surface area (TPSA) is 103 Å². The van der Waals surface area contributed by atoms with Crippen LogP contribution in [0.5, 0.6) is 5.75 Å². The van der Waals surface area contributed by atoms with Crippen LogP contribution in [0.3, 0.4) is 0 Å². The quantitative estimate of drug-likeness (QED) is 0.531. The molecule has 0 radical (unpaired) electrons. The Morgan fingerprint density at radius 2 is 2.19 bits per heavy atom. The molecule has 26 heavy (non-hydrogen) atoms. The van der Waals surface area contributed by atoms with Gasteiger partial charge in [-0.15, -0.1) is 11.8 Å². The highest BCUT2D eigenvalue weighted by Crippen LogP contribution is 2.27. The van der Waals surface area contributed by atoms with Crippen LogP contribution in [-0.4, -0.2) is 28.7 Å². The molecule has 3 rings (SSSR count). The fourth-order valence-corrected chi connectivity index (χ4v) is 4.14. The minimum absolute atomic E-state index is 0.0342. The number of ether oxygens (including phenoxy) is 1. The van der Waals surface area contributed by atoms with E-state index in [1.54, 1.807) is 31.4 Å². The summed E-state index contributed by atoms with van der Waals surface area (Å²) in [6.45, 7) is 1.74. The van der Waals surface area contributed by atoms with Gasteiger partial charge in [-0.1, -0.05) is 23.5 Å². The number of nitrogens with zero attached hydrogens (tertiary/aromatic N) is 3. The van der Waals surface area contributed by atoms with Crippen molar-refractivity contribution in [1.82, 2.24) is 9.38 Å². The molecule has 2 heterocycles. The number of amides is 1. The Morgan fingerprint density at radius 1 is 1.46 bits per heavy atom. The van der Waals surface area contributed by atoms with Crippen molar-refractivity contribution >= 4 is 39.7 Å². The highest BCUT2D eigenvalue weighted by molar-refractivity contribution is 7.98. The van der Waals surface area contributed by atoms with Gasteiger partial charge < -0.3 is 10.1 Å². The molecule has 0 unspecified atom stereocenters. The van der Waals surface area contributed by atoms with Crippen molar-refractivity contribution in [1.29, 1.82) is 10.7 Å². The van der Waals surface area contributed by atoms with E-state index in [-0.39, 0.29) is 17.0 Å². The second-order valence-electron chi connectivity index (χ2n) is 5.25. The zero-order chi connectivity index (χ0) is 18.8. The molecule has 132 valence electrons. The number of nitrogens with one attached hydrogen (secondary N) is 2. The molecule has 2 aromatic heterocycles. The first-order valence-electron chi connectivity index (χ1n) is 7.51. The molecule has 0 fully saturated rings. The van der Waals surface area contributed by atoms with Crippen molar-refractivity contribution in [3.8, 4) is 11.8 Å². The fraction of sp³-hybridized carbons (Fsp3) is 0.176. The molecule has 2 N–H and O–H groups in total. The van der Waals surface area contributed by atoms with Crippen LogP contribution in [0.15, 0.2) is 29.3 Å². The predicted octanol–water partition coefficient (Wildman–Crippen LogP) is 3.04. The lowest BCUT2D eigenvalue weighted by molar-refractivity contribution is 0.102. The highest BCUT2D eigenvalue weighted by atomic mass is 32.2. The number of benzene rings is 1. The van der Waals surface area contributed by atoms with Crippen LogP contribution in [0.1, 0.15) is 20.9 Å². The maximum absolute atomic E-state index is 12.8. The Kier molecular flexibility index (Phi) is 4.97. The number of rotatable bonds is 4. The minimum atomic E-state index is -0.314. The van der Waals surface area contributed by atoms with Gasteiger partial charge in [-0.2, -0.15) is 5.26 Å². The minimum Gasteiger partial charge on any atom is -0.495 e. The molecule has 1 aromatic carbocycles. The lowest BCUT2D eigenvalue weighted by atomic mass is 10.2. The van der Waals surface area contributed by atoms with Gasteiger partial charge in [-0.05, 0) is 25.3 Å². The third-order valence-corrected chi connectivity index (χ3v) is 5.61. The van der Waals surface area contributed by atoms with E-state index in [1.165, 1.54) is 34.6 Å². The summed E-state index contributed by atoms with van der Waals surface area (Å²) >= 11 is 2.49. The molecule has 0 saturated carbocycles. The number of carbonyl (C=O) groups is 1. The first kappa shape index (κ1) is 18.0. The normalized spacial score (nSPS) is 10.5. The van der Waals surface area contributed by atoms with Crippen molar-refractivity contribution in [2.45, 2.75) is 11.9 Å². The molecule has 9 heteroatoms. The number of aryl methyl sites for hydroxylation is 1. The maximum atomic E-state index is 12.8. The van der Waals surface area contributed by atoms with Crippen LogP contribution >= 0.6 is 23.1 Å². The molecule has 3 aromatic rings. The second kappa shape index (κ2) is 7.19. The molecule has 0 aliphatic heterocycles. The molecule has 0 saturated heterocycles. The van der Waals surface area contributed by atoms with Crippen LogP contribution in [0.2, 0.25) is 0 Å². The lowest BCUT2D eigenvalue weighted by Crippen LogP contribution is -2.20. The third-order valence-electron chi connectivity index (χ3n) is 3.79. The molecule has 1 amide bonds. The molecule has 7 nitrogen and oxygen atoms in total. The summed E-state index contributed by atoms with van der Waals surface area (Å²) in [5.41, 5.74) is 1.36. The first-order chi connectivity index (χ1) is 12.5. The third kappa shape index (κ3) is 2.94. The second-order valence-corrected chi connectivity index (χ2v) is 7.02. The van der Waals surface area contributed by atoms with E-state index in [0.29, 0.717) is 32.0 Å². The van der Waals surface area contributed by atoms with Crippen molar-refractivity contribution in [3.63, 3.8) is 0 Å². The van der Waals surface area contributed by atoms with Crippen LogP contribution in [0.25, 0.3) is 4.96 Å². The Balaban J connectivity index is 2.10. The fourth-order valence-electron chi connectivity index (χ4n) is 2.53.